The van der Waals surface area contributed by atoms with Crippen LogP contribution in [-0.2, 0) is 4.74 Å². The van der Waals surface area contributed by atoms with E-state index in [0.29, 0.717) is 12.1 Å². The molecule has 2 saturated heterocycles. The Bertz CT molecular complexity index is 779. The number of nitrogens with one attached hydrogen (secondary N) is 1. The summed E-state index contributed by atoms with van der Waals surface area (Å²) in [5.41, 5.74) is 15.3. The Hall–Kier alpha value is -1.73. The van der Waals surface area contributed by atoms with Gasteiger partial charge in [0.05, 0.1) is 18.3 Å². The van der Waals surface area contributed by atoms with Gasteiger partial charge in [0.15, 0.2) is 0 Å². The molecule has 2 aliphatic rings. The van der Waals surface area contributed by atoms with Crippen LogP contribution in [-0.4, -0.2) is 43.4 Å². The van der Waals surface area contributed by atoms with E-state index in [9.17, 15) is 0 Å². The number of hydrogen-bond donors (Lipinski definition) is 3. The van der Waals surface area contributed by atoms with Crippen LogP contribution in [0, 0.1) is 6.92 Å². The van der Waals surface area contributed by atoms with Crippen LogP contribution in [0.5, 0.6) is 0 Å². The fourth-order valence-corrected chi connectivity index (χ4v) is 4.26. The molecule has 2 aliphatic heterocycles. The predicted molar refractivity (Wildman–Crippen MR) is 110 cm³/mol. The molecule has 0 aliphatic carbocycles. The lowest BCUT2D eigenvalue weighted by molar-refractivity contribution is 0.0650. The lowest BCUT2D eigenvalue weighted by Gasteiger charge is -2.37. The molecule has 5 N–H and O–H groups in total. The fraction of sp³-hybridized carbons (Fsp3) is 0.571. The second-order valence-corrected chi connectivity index (χ2v) is 7.97. The summed E-state index contributed by atoms with van der Waals surface area (Å²) in [6, 6.07) is 9.48. The van der Waals surface area contributed by atoms with Gasteiger partial charge in [-0.05, 0) is 50.8 Å². The molecule has 0 saturated carbocycles. The Morgan fingerprint density at radius 2 is 1.96 bits per heavy atom. The number of nitrogens with two attached hydrogens (primary N) is 2. The maximum Gasteiger partial charge on any atom is 0.135 e. The zero-order valence-electron chi connectivity index (χ0n) is 16.2. The normalized spacial score (nSPS) is 21.9. The molecule has 1 unspecified atom stereocenters. The van der Waals surface area contributed by atoms with Crippen molar-refractivity contribution >= 4 is 16.7 Å². The average molecular weight is 370 g/mol. The van der Waals surface area contributed by atoms with E-state index in [2.05, 4.69) is 41.4 Å². The molecule has 3 heterocycles. The van der Waals surface area contributed by atoms with Crippen LogP contribution in [0.25, 0.3) is 10.9 Å². The molecule has 146 valence electrons. The van der Waals surface area contributed by atoms with Crippen LogP contribution in [0.1, 0.15) is 43.0 Å². The Labute approximate surface area is 161 Å². The van der Waals surface area contributed by atoms with Gasteiger partial charge in [-0.1, -0.05) is 11.6 Å². The van der Waals surface area contributed by atoms with Gasteiger partial charge < -0.3 is 26.4 Å². The van der Waals surface area contributed by atoms with Crippen molar-refractivity contribution in [2.45, 2.75) is 50.9 Å². The summed E-state index contributed by atoms with van der Waals surface area (Å²) in [6.45, 7) is 5.78. The molecule has 4 rings (SSSR count). The molecule has 2 aromatic rings. The number of aromatic nitrogens is 1. The highest BCUT2D eigenvalue weighted by Crippen LogP contribution is 2.29. The third kappa shape index (κ3) is 4.24. The minimum Gasteiger partial charge on any atom is -0.380 e. The van der Waals surface area contributed by atoms with Gasteiger partial charge in [0.2, 0.25) is 0 Å². The summed E-state index contributed by atoms with van der Waals surface area (Å²) in [4.78, 5) is 7.27. The summed E-state index contributed by atoms with van der Waals surface area (Å²) in [7, 11) is 0. The Balaban J connectivity index is 1.49. The van der Waals surface area contributed by atoms with Crippen LogP contribution in [0.15, 0.2) is 24.3 Å². The third-order valence-electron chi connectivity index (χ3n) is 5.76. The first-order valence-corrected chi connectivity index (χ1v) is 10.1. The molecule has 0 radical (unpaired) electrons. The number of anilines is 1. The number of rotatable bonds is 4. The summed E-state index contributed by atoms with van der Waals surface area (Å²) >= 11 is 0. The number of fused-ring (bicyclic) bond motifs is 1. The average Bonchev–Trinajstić information content (AvgIpc) is 2.68. The van der Waals surface area contributed by atoms with Gasteiger partial charge in [-0.15, -0.1) is 0 Å². The Kier molecular flexibility index (Phi) is 5.59. The van der Waals surface area contributed by atoms with E-state index in [4.69, 9.17) is 21.2 Å². The number of pyridine rings is 1. The molecule has 0 bridgehead atoms. The largest absolute Gasteiger partial charge is 0.380 e. The molecule has 1 atom stereocenters. The standard InChI is InChI=1S/C21H31N5O/c1-14-4-5-19-15(11-14)12-18(20(22)23)21(25-19)26-8-6-16(7-9-26)24-17-3-2-10-27-13-17/h4-5,11-12,16-17,20,24H,2-3,6-10,13,22-23H2,1H3. The Morgan fingerprint density at radius 3 is 2.67 bits per heavy atom. The van der Waals surface area contributed by atoms with Gasteiger partial charge in [-0.25, -0.2) is 4.98 Å². The van der Waals surface area contributed by atoms with Gasteiger partial charge in [-0.3, -0.25) is 0 Å². The van der Waals surface area contributed by atoms with E-state index in [1.165, 1.54) is 12.0 Å². The first kappa shape index (κ1) is 18.6. The maximum absolute atomic E-state index is 6.09. The molecule has 27 heavy (non-hydrogen) atoms. The lowest BCUT2D eigenvalue weighted by Crippen LogP contribution is -2.49. The van der Waals surface area contributed by atoms with Gasteiger partial charge in [0.1, 0.15) is 5.82 Å². The van der Waals surface area contributed by atoms with Gasteiger partial charge in [-0.2, -0.15) is 0 Å². The molecule has 2 fully saturated rings. The third-order valence-corrected chi connectivity index (χ3v) is 5.76. The lowest BCUT2D eigenvalue weighted by atomic mass is 10.0. The van der Waals surface area contributed by atoms with E-state index in [0.717, 1.165) is 67.8 Å². The van der Waals surface area contributed by atoms with E-state index in [1.807, 2.05) is 0 Å². The van der Waals surface area contributed by atoms with Crippen molar-refractivity contribution in [3.63, 3.8) is 0 Å². The van der Waals surface area contributed by atoms with Crippen molar-refractivity contribution in [3.05, 3.63) is 35.4 Å². The molecule has 6 heteroatoms. The molecule has 1 aromatic carbocycles. The van der Waals surface area contributed by atoms with Crippen LogP contribution < -0.4 is 21.7 Å². The van der Waals surface area contributed by atoms with Crippen LogP contribution in [0.4, 0.5) is 5.82 Å². The fourth-order valence-electron chi connectivity index (χ4n) is 4.26. The van der Waals surface area contributed by atoms with Crippen molar-refractivity contribution in [2.24, 2.45) is 11.5 Å². The van der Waals surface area contributed by atoms with Crippen molar-refractivity contribution in [1.29, 1.82) is 0 Å². The second kappa shape index (κ2) is 8.10. The molecule has 1 aromatic heterocycles. The first-order chi connectivity index (χ1) is 13.1. The summed E-state index contributed by atoms with van der Waals surface area (Å²) in [6.07, 6.45) is 4.06. The molecule has 0 spiro atoms. The molecular weight excluding hydrogens is 338 g/mol. The predicted octanol–water partition coefficient (Wildman–Crippen LogP) is 2.20. The van der Waals surface area contributed by atoms with Crippen molar-refractivity contribution < 1.29 is 4.74 Å². The minimum atomic E-state index is -0.521. The minimum absolute atomic E-state index is 0.505. The number of benzene rings is 1. The second-order valence-electron chi connectivity index (χ2n) is 7.97. The summed E-state index contributed by atoms with van der Waals surface area (Å²) < 4.78 is 5.59. The molecular formula is C21H31N5O. The quantitative estimate of drug-likeness (QED) is 0.716. The van der Waals surface area contributed by atoms with E-state index in [-0.39, 0.29) is 0 Å². The van der Waals surface area contributed by atoms with Crippen molar-refractivity contribution in [1.82, 2.24) is 10.3 Å². The first-order valence-electron chi connectivity index (χ1n) is 10.1. The molecule has 0 amide bonds. The van der Waals surface area contributed by atoms with E-state index in [1.54, 1.807) is 0 Å². The Morgan fingerprint density at radius 1 is 1.15 bits per heavy atom. The highest BCUT2D eigenvalue weighted by molar-refractivity contribution is 5.82. The van der Waals surface area contributed by atoms with Crippen molar-refractivity contribution in [3.8, 4) is 0 Å². The number of hydrogen-bond acceptors (Lipinski definition) is 6. The number of piperidine rings is 1. The smallest absolute Gasteiger partial charge is 0.135 e. The summed E-state index contributed by atoms with van der Waals surface area (Å²) in [5.74, 6) is 0.945. The zero-order valence-corrected chi connectivity index (χ0v) is 16.2. The number of aryl methyl sites for hydroxylation is 1. The monoisotopic (exact) mass is 369 g/mol. The van der Waals surface area contributed by atoms with E-state index < -0.39 is 6.17 Å². The van der Waals surface area contributed by atoms with Gasteiger partial charge >= 0.3 is 0 Å². The van der Waals surface area contributed by atoms with Crippen LogP contribution >= 0.6 is 0 Å². The topological polar surface area (TPSA) is 89.4 Å². The summed E-state index contributed by atoms with van der Waals surface area (Å²) in [5, 5.41) is 4.88. The number of nitrogens with zero attached hydrogens (tertiary/aromatic N) is 2. The molecule has 6 nitrogen and oxygen atoms in total. The highest BCUT2D eigenvalue weighted by atomic mass is 16.5. The zero-order chi connectivity index (χ0) is 18.8. The maximum atomic E-state index is 6.09. The van der Waals surface area contributed by atoms with E-state index >= 15 is 0 Å². The van der Waals surface area contributed by atoms with Gasteiger partial charge in [0, 0.05) is 42.7 Å². The highest BCUT2D eigenvalue weighted by Gasteiger charge is 2.25. The SMILES string of the molecule is Cc1ccc2nc(N3CCC(NC4CCCOC4)CC3)c(C(N)N)cc2c1. The van der Waals surface area contributed by atoms with Crippen LogP contribution in [0.3, 0.4) is 0 Å². The van der Waals surface area contributed by atoms with Gasteiger partial charge in [0.25, 0.3) is 0 Å². The number of ether oxygens (including phenoxy) is 1. The van der Waals surface area contributed by atoms with Crippen molar-refractivity contribution in [2.75, 3.05) is 31.2 Å². The van der Waals surface area contributed by atoms with Crippen LogP contribution in [0.2, 0.25) is 0 Å².